The van der Waals surface area contributed by atoms with Crippen molar-refractivity contribution in [3.63, 3.8) is 0 Å². The van der Waals surface area contributed by atoms with E-state index in [1.165, 1.54) is 25.7 Å². The zero-order chi connectivity index (χ0) is 17.5. The van der Waals surface area contributed by atoms with Crippen molar-refractivity contribution in [2.75, 3.05) is 27.2 Å². The largest absolute Gasteiger partial charge is 0.353 e. The zero-order valence-corrected chi connectivity index (χ0v) is 15.2. The van der Waals surface area contributed by atoms with Gasteiger partial charge in [0.2, 0.25) is 11.8 Å². The second-order valence-corrected chi connectivity index (χ2v) is 7.30. The van der Waals surface area contributed by atoms with E-state index in [1.54, 1.807) is 0 Å². The van der Waals surface area contributed by atoms with E-state index in [2.05, 4.69) is 29.6 Å². The van der Waals surface area contributed by atoms with Gasteiger partial charge in [-0.25, -0.2) is 0 Å². The van der Waals surface area contributed by atoms with Crippen LogP contribution in [0.3, 0.4) is 0 Å². The molecule has 0 bridgehead atoms. The predicted molar refractivity (Wildman–Crippen MR) is 93.0 cm³/mol. The number of carbonyl (C=O) groups excluding carboxylic acids is 2. The molecule has 134 valence electrons. The highest BCUT2D eigenvalue weighted by Gasteiger charge is 2.33. The standard InChI is InChI=1S/C17H34N4O2/c1-13(2)15(18)16(23)19-11-14(22)20-12-17(21(3)4)9-7-5-6-8-10-17/h13,15H,5-12,18H2,1-4H3,(H,19,23)(H,20,22)/t15-/m0/s1. The maximum atomic E-state index is 12.0. The summed E-state index contributed by atoms with van der Waals surface area (Å²) < 4.78 is 0. The third-order valence-corrected chi connectivity index (χ3v) is 5.04. The number of nitrogens with one attached hydrogen (secondary N) is 2. The number of nitrogens with zero attached hydrogens (tertiary/aromatic N) is 1. The topological polar surface area (TPSA) is 87.5 Å². The van der Waals surface area contributed by atoms with Crippen molar-refractivity contribution in [1.29, 1.82) is 0 Å². The number of hydrogen-bond acceptors (Lipinski definition) is 4. The van der Waals surface area contributed by atoms with Crippen molar-refractivity contribution >= 4 is 11.8 Å². The lowest BCUT2D eigenvalue weighted by Crippen LogP contribution is -2.54. The Morgan fingerprint density at radius 3 is 2.13 bits per heavy atom. The molecule has 0 aromatic carbocycles. The average molecular weight is 326 g/mol. The molecular formula is C17H34N4O2. The van der Waals surface area contributed by atoms with Crippen LogP contribution in [-0.2, 0) is 9.59 Å². The third-order valence-electron chi connectivity index (χ3n) is 5.04. The van der Waals surface area contributed by atoms with Crippen LogP contribution in [0.25, 0.3) is 0 Å². The third kappa shape index (κ3) is 6.11. The Morgan fingerprint density at radius 2 is 1.65 bits per heavy atom. The Labute approximate surface area is 140 Å². The fourth-order valence-electron chi connectivity index (χ4n) is 3.08. The van der Waals surface area contributed by atoms with Gasteiger partial charge < -0.3 is 21.3 Å². The van der Waals surface area contributed by atoms with Crippen LogP contribution in [0.15, 0.2) is 0 Å². The van der Waals surface area contributed by atoms with E-state index in [1.807, 2.05) is 13.8 Å². The van der Waals surface area contributed by atoms with E-state index < -0.39 is 6.04 Å². The van der Waals surface area contributed by atoms with Gasteiger partial charge in [-0.2, -0.15) is 0 Å². The lowest BCUT2D eigenvalue weighted by Gasteiger charge is -2.39. The number of amides is 2. The fraction of sp³-hybridized carbons (Fsp3) is 0.882. The molecule has 0 aromatic heterocycles. The summed E-state index contributed by atoms with van der Waals surface area (Å²) in [5.41, 5.74) is 5.80. The van der Waals surface area contributed by atoms with E-state index in [-0.39, 0.29) is 29.8 Å². The molecule has 0 spiro atoms. The summed E-state index contributed by atoms with van der Waals surface area (Å²) in [5.74, 6) is -0.368. The lowest BCUT2D eigenvalue weighted by atomic mass is 9.88. The van der Waals surface area contributed by atoms with Crippen LogP contribution in [0.2, 0.25) is 0 Å². The molecule has 23 heavy (non-hydrogen) atoms. The Hall–Kier alpha value is -1.14. The molecule has 2 amide bonds. The molecule has 6 heteroatoms. The van der Waals surface area contributed by atoms with Crippen molar-refractivity contribution in [3.8, 4) is 0 Å². The Balaban J connectivity index is 2.45. The van der Waals surface area contributed by atoms with Crippen LogP contribution >= 0.6 is 0 Å². The van der Waals surface area contributed by atoms with Gasteiger partial charge in [-0.05, 0) is 32.9 Å². The van der Waals surface area contributed by atoms with Crippen LogP contribution < -0.4 is 16.4 Å². The number of likely N-dealkylation sites (N-methyl/N-ethyl adjacent to an activating group) is 1. The van der Waals surface area contributed by atoms with Gasteiger partial charge in [-0.3, -0.25) is 9.59 Å². The van der Waals surface area contributed by atoms with E-state index in [0.717, 1.165) is 12.8 Å². The number of carbonyl (C=O) groups is 2. The predicted octanol–water partition coefficient (Wildman–Crippen LogP) is 0.857. The Kier molecular flexibility index (Phi) is 7.99. The van der Waals surface area contributed by atoms with Crippen LogP contribution in [0.1, 0.15) is 52.4 Å². The van der Waals surface area contributed by atoms with Gasteiger partial charge in [0.05, 0.1) is 12.6 Å². The second kappa shape index (κ2) is 9.23. The first kappa shape index (κ1) is 19.9. The number of nitrogens with two attached hydrogens (primary N) is 1. The first-order valence-electron chi connectivity index (χ1n) is 8.76. The van der Waals surface area contributed by atoms with Gasteiger partial charge in [0.1, 0.15) is 0 Å². The second-order valence-electron chi connectivity index (χ2n) is 7.30. The first-order chi connectivity index (χ1) is 10.8. The Morgan fingerprint density at radius 1 is 1.09 bits per heavy atom. The molecule has 0 saturated heterocycles. The molecule has 0 heterocycles. The zero-order valence-electron chi connectivity index (χ0n) is 15.2. The van der Waals surface area contributed by atoms with Gasteiger partial charge in [0, 0.05) is 12.1 Å². The SMILES string of the molecule is CC(C)[C@H](N)C(=O)NCC(=O)NCC1(N(C)C)CCCCCC1. The molecule has 1 aliphatic carbocycles. The summed E-state index contributed by atoms with van der Waals surface area (Å²) in [4.78, 5) is 26.1. The molecule has 0 aliphatic heterocycles. The molecule has 1 fully saturated rings. The van der Waals surface area contributed by atoms with E-state index in [4.69, 9.17) is 5.73 Å². The Bertz CT molecular complexity index is 388. The molecule has 0 unspecified atom stereocenters. The molecule has 1 saturated carbocycles. The fourth-order valence-corrected chi connectivity index (χ4v) is 3.08. The molecule has 1 atom stereocenters. The van der Waals surface area contributed by atoms with Crippen molar-refractivity contribution in [3.05, 3.63) is 0 Å². The number of hydrogen-bond donors (Lipinski definition) is 3. The van der Waals surface area contributed by atoms with E-state index in [9.17, 15) is 9.59 Å². The minimum atomic E-state index is -0.572. The van der Waals surface area contributed by atoms with Crippen LogP contribution in [0.5, 0.6) is 0 Å². The summed E-state index contributed by atoms with van der Waals surface area (Å²) in [6, 6.07) is -0.572. The average Bonchev–Trinajstić information content (AvgIpc) is 2.76. The smallest absolute Gasteiger partial charge is 0.239 e. The van der Waals surface area contributed by atoms with Gasteiger partial charge in [-0.1, -0.05) is 39.5 Å². The van der Waals surface area contributed by atoms with Crippen molar-refractivity contribution < 1.29 is 9.59 Å². The lowest BCUT2D eigenvalue weighted by molar-refractivity contribution is -0.127. The van der Waals surface area contributed by atoms with Gasteiger partial charge in [0.15, 0.2) is 0 Å². The minimum absolute atomic E-state index is 0.0111. The molecule has 0 radical (unpaired) electrons. The summed E-state index contributed by atoms with van der Waals surface area (Å²) in [6.45, 7) is 4.39. The van der Waals surface area contributed by atoms with Gasteiger partial charge in [-0.15, -0.1) is 0 Å². The maximum absolute atomic E-state index is 12.0. The molecule has 1 rings (SSSR count). The van der Waals surface area contributed by atoms with Crippen LogP contribution in [0, 0.1) is 5.92 Å². The summed E-state index contributed by atoms with van der Waals surface area (Å²) in [6.07, 6.45) is 7.15. The van der Waals surface area contributed by atoms with Crippen molar-refractivity contribution in [2.24, 2.45) is 11.7 Å². The van der Waals surface area contributed by atoms with E-state index in [0.29, 0.717) is 6.54 Å². The normalized spacial score (nSPS) is 19.3. The van der Waals surface area contributed by atoms with Crippen molar-refractivity contribution in [2.45, 2.75) is 64.0 Å². The molecule has 6 nitrogen and oxygen atoms in total. The maximum Gasteiger partial charge on any atom is 0.239 e. The van der Waals surface area contributed by atoms with Crippen LogP contribution in [-0.4, -0.2) is 55.5 Å². The van der Waals surface area contributed by atoms with E-state index >= 15 is 0 Å². The highest BCUT2D eigenvalue weighted by Crippen LogP contribution is 2.30. The van der Waals surface area contributed by atoms with Gasteiger partial charge in [0.25, 0.3) is 0 Å². The van der Waals surface area contributed by atoms with Gasteiger partial charge >= 0.3 is 0 Å². The van der Waals surface area contributed by atoms with Crippen molar-refractivity contribution in [1.82, 2.24) is 15.5 Å². The number of rotatable bonds is 7. The summed E-state index contributed by atoms with van der Waals surface area (Å²) in [5, 5.41) is 5.61. The highest BCUT2D eigenvalue weighted by atomic mass is 16.2. The monoisotopic (exact) mass is 326 g/mol. The molecule has 1 aliphatic rings. The first-order valence-corrected chi connectivity index (χ1v) is 8.76. The quantitative estimate of drug-likeness (QED) is 0.606. The minimum Gasteiger partial charge on any atom is -0.353 e. The molecular weight excluding hydrogens is 292 g/mol. The van der Waals surface area contributed by atoms with Crippen LogP contribution in [0.4, 0.5) is 0 Å². The molecule has 4 N–H and O–H groups in total. The highest BCUT2D eigenvalue weighted by molar-refractivity contribution is 5.87. The molecule has 0 aromatic rings. The summed E-state index contributed by atoms with van der Waals surface area (Å²) >= 11 is 0. The summed E-state index contributed by atoms with van der Waals surface area (Å²) in [7, 11) is 4.17.